The van der Waals surface area contributed by atoms with Crippen molar-refractivity contribution >= 4 is 22.6 Å². The van der Waals surface area contributed by atoms with Crippen molar-refractivity contribution in [3.05, 3.63) is 65.7 Å². The SMILES string of the molecule is O=C(c1ccc2nccnc2c1)N1CC2(CCCC2)c2c(F)cccc21. The van der Waals surface area contributed by atoms with E-state index in [2.05, 4.69) is 9.97 Å². The van der Waals surface area contributed by atoms with E-state index in [9.17, 15) is 9.18 Å². The molecule has 0 atom stereocenters. The number of hydrogen-bond donors (Lipinski definition) is 0. The van der Waals surface area contributed by atoms with E-state index in [-0.39, 0.29) is 17.1 Å². The van der Waals surface area contributed by atoms with E-state index in [1.54, 1.807) is 35.5 Å². The number of aromatic nitrogens is 2. The number of carbonyl (C=O) groups excluding carboxylic acids is 1. The third kappa shape index (κ3) is 2.16. The lowest BCUT2D eigenvalue weighted by atomic mass is 9.80. The molecule has 2 heterocycles. The number of nitrogens with zero attached hydrogens (tertiary/aromatic N) is 3. The van der Waals surface area contributed by atoms with E-state index in [0.29, 0.717) is 17.6 Å². The van der Waals surface area contributed by atoms with Crippen LogP contribution in [0.2, 0.25) is 0 Å². The van der Waals surface area contributed by atoms with Crippen molar-refractivity contribution in [3.63, 3.8) is 0 Å². The average Bonchev–Trinajstić information content (AvgIpc) is 3.27. The Labute approximate surface area is 150 Å². The number of hydrogen-bond acceptors (Lipinski definition) is 3. The number of amides is 1. The summed E-state index contributed by atoms with van der Waals surface area (Å²) < 4.78 is 14.7. The van der Waals surface area contributed by atoms with E-state index in [1.165, 1.54) is 6.07 Å². The van der Waals surface area contributed by atoms with Crippen LogP contribution in [0, 0.1) is 5.82 Å². The molecule has 1 spiro atoms. The number of carbonyl (C=O) groups is 1. The summed E-state index contributed by atoms with van der Waals surface area (Å²) in [7, 11) is 0. The lowest BCUT2D eigenvalue weighted by Crippen LogP contribution is -2.35. The predicted octanol–water partition coefficient (Wildman–Crippen LogP) is 4.24. The van der Waals surface area contributed by atoms with Gasteiger partial charge in [0.1, 0.15) is 5.82 Å². The van der Waals surface area contributed by atoms with E-state index in [1.807, 2.05) is 12.1 Å². The first-order valence-corrected chi connectivity index (χ1v) is 9.00. The molecule has 2 aromatic carbocycles. The van der Waals surface area contributed by atoms with Crippen LogP contribution in [-0.4, -0.2) is 22.4 Å². The van der Waals surface area contributed by atoms with Crippen LogP contribution < -0.4 is 4.90 Å². The highest BCUT2D eigenvalue weighted by Gasteiger charge is 2.48. The molecule has 0 radical (unpaired) electrons. The molecule has 0 bridgehead atoms. The van der Waals surface area contributed by atoms with Crippen LogP contribution >= 0.6 is 0 Å². The Bertz CT molecular complexity index is 1030. The Morgan fingerprint density at radius 1 is 1.04 bits per heavy atom. The highest BCUT2D eigenvalue weighted by atomic mass is 19.1. The lowest BCUT2D eigenvalue weighted by molar-refractivity contribution is 0.0985. The molecule has 26 heavy (non-hydrogen) atoms. The van der Waals surface area contributed by atoms with Crippen LogP contribution in [0.3, 0.4) is 0 Å². The predicted molar refractivity (Wildman–Crippen MR) is 97.8 cm³/mol. The van der Waals surface area contributed by atoms with Gasteiger partial charge in [-0.1, -0.05) is 18.9 Å². The van der Waals surface area contributed by atoms with Crippen molar-refractivity contribution < 1.29 is 9.18 Å². The molecule has 1 aromatic heterocycles. The smallest absolute Gasteiger partial charge is 0.258 e. The maximum absolute atomic E-state index is 14.7. The fraction of sp³-hybridized carbons (Fsp3) is 0.286. The second-order valence-electron chi connectivity index (χ2n) is 7.27. The molecule has 4 nitrogen and oxygen atoms in total. The number of benzene rings is 2. The van der Waals surface area contributed by atoms with Crippen LogP contribution in [0.25, 0.3) is 11.0 Å². The van der Waals surface area contributed by atoms with Crippen LogP contribution in [0.5, 0.6) is 0 Å². The van der Waals surface area contributed by atoms with Gasteiger partial charge >= 0.3 is 0 Å². The van der Waals surface area contributed by atoms with Crippen molar-refractivity contribution in [2.45, 2.75) is 31.1 Å². The van der Waals surface area contributed by atoms with Gasteiger partial charge in [-0.05, 0) is 43.2 Å². The Hall–Kier alpha value is -2.82. The van der Waals surface area contributed by atoms with Gasteiger partial charge in [0.25, 0.3) is 5.91 Å². The standard InChI is InChI=1S/C21H18FN3O/c22-15-4-3-5-18-19(15)21(8-1-2-9-21)13-25(18)20(26)14-6-7-16-17(12-14)24-11-10-23-16/h3-7,10-12H,1-2,8-9,13H2. The van der Waals surface area contributed by atoms with E-state index >= 15 is 0 Å². The number of anilines is 1. The first kappa shape index (κ1) is 15.4. The molecule has 1 aliphatic heterocycles. The summed E-state index contributed by atoms with van der Waals surface area (Å²) in [4.78, 5) is 23.5. The maximum Gasteiger partial charge on any atom is 0.258 e. The first-order chi connectivity index (χ1) is 12.7. The Balaban J connectivity index is 1.59. The van der Waals surface area contributed by atoms with Gasteiger partial charge in [0.2, 0.25) is 0 Å². The van der Waals surface area contributed by atoms with Crippen molar-refractivity contribution in [2.75, 3.05) is 11.4 Å². The largest absolute Gasteiger partial charge is 0.307 e. The summed E-state index contributed by atoms with van der Waals surface area (Å²) in [6.45, 7) is 0.556. The molecule has 0 saturated heterocycles. The second-order valence-corrected chi connectivity index (χ2v) is 7.27. The van der Waals surface area contributed by atoms with E-state index < -0.39 is 0 Å². The Morgan fingerprint density at radius 2 is 1.81 bits per heavy atom. The molecule has 0 unspecified atom stereocenters. The molecular weight excluding hydrogens is 329 g/mol. The second kappa shape index (κ2) is 5.59. The first-order valence-electron chi connectivity index (χ1n) is 9.00. The minimum absolute atomic E-state index is 0.104. The van der Waals surface area contributed by atoms with Gasteiger partial charge in [-0.25, -0.2) is 4.39 Å². The molecule has 5 heteroatoms. The summed E-state index contributed by atoms with van der Waals surface area (Å²) in [6, 6.07) is 10.4. The topological polar surface area (TPSA) is 46.1 Å². The summed E-state index contributed by atoms with van der Waals surface area (Å²) in [6.07, 6.45) is 7.29. The fourth-order valence-corrected chi connectivity index (χ4v) is 4.62. The third-order valence-corrected chi connectivity index (χ3v) is 5.80. The molecular formula is C21H18FN3O. The van der Waals surface area contributed by atoms with Crippen LogP contribution in [0.15, 0.2) is 48.8 Å². The van der Waals surface area contributed by atoms with Gasteiger partial charge in [-0.15, -0.1) is 0 Å². The lowest BCUT2D eigenvalue weighted by Gasteiger charge is -2.25. The number of rotatable bonds is 1. The van der Waals surface area contributed by atoms with Gasteiger partial charge in [0.15, 0.2) is 0 Å². The average molecular weight is 347 g/mol. The molecule has 1 saturated carbocycles. The van der Waals surface area contributed by atoms with Crippen molar-refractivity contribution in [1.29, 1.82) is 0 Å². The third-order valence-electron chi connectivity index (χ3n) is 5.80. The van der Waals surface area contributed by atoms with Crippen LogP contribution in [-0.2, 0) is 5.41 Å². The minimum Gasteiger partial charge on any atom is -0.307 e. The zero-order chi connectivity index (χ0) is 17.7. The monoisotopic (exact) mass is 347 g/mol. The maximum atomic E-state index is 14.7. The zero-order valence-corrected chi connectivity index (χ0v) is 14.3. The molecule has 1 fully saturated rings. The number of halogens is 1. The minimum atomic E-state index is -0.229. The molecule has 3 aromatic rings. The normalized spacial score (nSPS) is 17.8. The quantitative estimate of drug-likeness (QED) is 0.661. The molecule has 5 rings (SSSR count). The molecule has 2 aliphatic rings. The van der Waals surface area contributed by atoms with Gasteiger partial charge < -0.3 is 4.90 Å². The Kier molecular flexibility index (Phi) is 3.32. The van der Waals surface area contributed by atoms with E-state index in [4.69, 9.17) is 0 Å². The summed E-state index contributed by atoms with van der Waals surface area (Å²) in [5.74, 6) is -0.294. The molecule has 1 amide bonds. The van der Waals surface area contributed by atoms with Crippen molar-refractivity contribution in [1.82, 2.24) is 9.97 Å². The van der Waals surface area contributed by atoms with Crippen LogP contribution in [0.4, 0.5) is 10.1 Å². The van der Waals surface area contributed by atoms with Crippen LogP contribution in [0.1, 0.15) is 41.6 Å². The van der Waals surface area contributed by atoms with E-state index in [0.717, 1.165) is 42.5 Å². The van der Waals surface area contributed by atoms with Gasteiger partial charge in [-0.2, -0.15) is 0 Å². The van der Waals surface area contributed by atoms with Gasteiger partial charge in [-0.3, -0.25) is 14.8 Å². The fourth-order valence-electron chi connectivity index (χ4n) is 4.62. The number of fused-ring (bicyclic) bond motifs is 3. The molecule has 1 aliphatic carbocycles. The highest BCUT2D eigenvalue weighted by molar-refractivity contribution is 6.09. The molecule has 130 valence electrons. The van der Waals surface area contributed by atoms with Gasteiger partial charge in [0.05, 0.1) is 16.7 Å². The summed E-state index contributed by atoms with van der Waals surface area (Å²) in [5.41, 5.74) is 3.22. The summed E-state index contributed by atoms with van der Waals surface area (Å²) in [5, 5.41) is 0. The summed E-state index contributed by atoms with van der Waals surface area (Å²) >= 11 is 0. The van der Waals surface area contributed by atoms with Crippen molar-refractivity contribution in [2.24, 2.45) is 0 Å². The van der Waals surface area contributed by atoms with Crippen molar-refractivity contribution in [3.8, 4) is 0 Å². The Morgan fingerprint density at radius 3 is 2.62 bits per heavy atom. The zero-order valence-electron chi connectivity index (χ0n) is 14.3. The molecule has 0 N–H and O–H groups in total. The van der Waals surface area contributed by atoms with Gasteiger partial charge in [0, 0.05) is 35.5 Å². The highest BCUT2D eigenvalue weighted by Crippen LogP contribution is 2.51.